The van der Waals surface area contributed by atoms with Gasteiger partial charge in [0.15, 0.2) is 0 Å². The predicted molar refractivity (Wildman–Crippen MR) is 109 cm³/mol. The molecule has 3 rings (SSSR count). The molecule has 3 aromatic rings. The molecule has 6 nitrogen and oxygen atoms in total. The number of ether oxygens (including phenoxy) is 1. The van der Waals surface area contributed by atoms with Crippen molar-refractivity contribution in [2.24, 2.45) is 5.10 Å². The molecule has 0 aliphatic heterocycles. The van der Waals surface area contributed by atoms with E-state index in [1.165, 1.54) is 29.8 Å². The van der Waals surface area contributed by atoms with E-state index in [2.05, 4.69) is 25.6 Å². The first kappa shape index (κ1) is 18.7. The van der Waals surface area contributed by atoms with Crippen molar-refractivity contribution in [2.75, 3.05) is 17.9 Å². The van der Waals surface area contributed by atoms with Crippen LogP contribution in [0, 0.1) is 0 Å². The third-order valence-electron chi connectivity index (χ3n) is 3.11. The average molecular weight is 427 g/mol. The van der Waals surface area contributed by atoms with Crippen molar-refractivity contribution in [3.05, 3.63) is 51.3 Å². The molecular weight excluding hydrogens is 415 g/mol. The molecule has 26 heavy (non-hydrogen) atoms. The molecule has 134 valence electrons. The summed E-state index contributed by atoms with van der Waals surface area (Å²) >= 11 is 14.7. The SMILES string of the molecule is COC(=O)Nc1sc(NN=Cc2ccc(Cl)cc2Cl)nc1-c1cccs1. The number of nitrogens with zero attached hydrogens (tertiary/aromatic N) is 2. The number of halogens is 2. The van der Waals surface area contributed by atoms with E-state index in [-0.39, 0.29) is 0 Å². The van der Waals surface area contributed by atoms with Crippen molar-refractivity contribution in [1.82, 2.24) is 4.98 Å². The lowest BCUT2D eigenvalue weighted by molar-refractivity contribution is 0.187. The van der Waals surface area contributed by atoms with Crippen LogP contribution in [0.1, 0.15) is 5.56 Å². The van der Waals surface area contributed by atoms with Crippen LogP contribution in [-0.2, 0) is 4.74 Å². The van der Waals surface area contributed by atoms with E-state index in [0.717, 1.165) is 4.88 Å². The van der Waals surface area contributed by atoms with Crippen LogP contribution in [-0.4, -0.2) is 24.4 Å². The number of amides is 1. The zero-order chi connectivity index (χ0) is 18.5. The minimum Gasteiger partial charge on any atom is -0.453 e. The van der Waals surface area contributed by atoms with Gasteiger partial charge in [0, 0.05) is 10.6 Å². The van der Waals surface area contributed by atoms with Gasteiger partial charge < -0.3 is 4.74 Å². The van der Waals surface area contributed by atoms with Crippen LogP contribution < -0.4 is 10.7 Å². The standard InChI is InChI=1S/C16H12Cl2N4O2S2/c1-24-16(23)21-14-13(12-3-2-6-25-12)20-15(26-14)22-19-8-9-4-5-10(17)7-11(9)18/h2-8H,1H3,(H,20,22)(H,21,23). The number of thiophene rings is 1. The monoisotopic (exact) mass is 426 g/mol. The van der Waals surface area contributed by atoms with E-state index in [1.54, 1.807) is 24.4 Å². The lowest BCUT2D eigenvalue weighted by atomic mass is 10.2. The second-order valence-corrected chi connectivity index (χ2v) is 7.62. The maximum Gasteiger partial charge on any atom is 0.412 e. The van der Waals surface area contributed by atoms with Crippen molar-refractivity contribution in [3.8, 4) is 10.6 Å². The molecule has 0 aliphatic rings. The molecular formula is C16H12Cl2N4O2S2. The number of aromatic nitrogens is 1. The Balaban J connectivity index is 1.80. The summed E-state index contributed by atoms with van der Waals surface area (Å²) in [5.74, 6) is 0. The van der Waals surface area contributed by atoms with Gasteiger partial charge in [-0.05, 0) is 23.6 Å². The number of carbonyl (C=O) groups is 1. The summed E-state index contributed by atoms with van der Waals surface area (Å²) in [4.78, 5) is 17.0. The van der Waals surface area contributed by atoms with Crippen LogP contribution in [0.3, 0.4) is 0 Å². The predicted octanol–water partition coefficient (Wildman–Crippen LogP) is 5.80. The quantitative estimate of drug-likeness (QED) is 0.399. The number of hydrazone groups is 1. The van der Waals surface area contributed by atoms with Crippen LogP contribution in [0.15, 0.2) is 40.8 Å². The van der Waals surface area contributed by atoms with E-state index < -0.39 is 6.09 Å². The van der Waals surface area contributed by atoms with Crippen molar-refractivity contribution in [2.45, 2.75) is 0 Å². The van der Waals surface area contributed by atoms with Crippen LogP contribution >= 0.6 is 45.9 Å². The van der Waals surface area contributed by atoms with Crippen LogP contribution in [0.2, 0.25) is 10.0 Å². The highest BCUT2D eigenvalue weighted by Gasteiger charge is 2.16. The molecule has 0 atom stereocenters. The van der Waals surface area contributed by atoms with Gasteiger partial charge >= 0.3 is 6.09 Å². The first-order valence-corrected chi connectivity index (χ1v) is 9.66. The third-order valence-corrected chi connectivity index (χ3v) is 5.42. The topological polar surface area (TPSA) is 75.6 Å². The second kappa shape index (κ2) is 8.50. The van der Waals surface area contributed by atoms with Crippen molar-refractivity contribution < 1.29 is 9.53 Å². The Kier molecular flexibility index (Phi) is 6.10. The van der Waals surface area contributed by atoms with E-state index in [4.69, 9.17) is 23.2 Å². The smallest absolute Gasteiger partial charge is 0.412 e. The van der Waals surface area contributed by atoms with E-state index in [9.17, 15) is 4.79 Å². The van der Waals surface area contributed by atoms with Crippen molar-refractivity contribution in [3.63, 3.8) is 0 Å². The van der Waals surface area contributed by atoms with Crippen LogP contribution in [0.25, 0.3) is 10.6 Å². The Morgan fingerprint density at radius 2 is 2.19 bits per heavy atom. The number of hydrogen-bond donors (Lipinski definition) is 2. The minimum absolute atomic E-state index is 0.495. The fourth-order valence-electron chi connectivity index (χ4n) is 1.94. The highest BCUT2D eigenvalue weighted by Crippen LogP contribution is 2.38. The number of hydrogen-bond acceptors (Lipinski definition) is 7. The maximum atomic E-state index is 11.5. The van der Waals surface area contributed by atoms with Gasteiger partial charge in [-0.1, -0.05) is 46.7 Å². The Morgan fingerprint density at radius 3 is 2.88 bits per heavy atom. The van der Waals surface area contributed by atoms with Gasteiger partial charge in [-0.25, -0.2) is 9.78 Å². The molecule has 0 bridgehead atoms. The number of rotatable bonds is 5. The first-order chi connectivity index (χ1) is 12.6. The number of anilines is 2. The van der Waals surface area contributed by atoms with Crippen molar-refractivity contribution >= 4 is 68.3 Å². The van der Waals surface area contributed by atoms with Crippen LogP contribution in [0.4, 0.5) is 14.9 Å². The highest BCUT2D eigenvalue weighted by molar-refractivity contribution is 7.21. The van der Waals surface area contributed by atoms with Gasteiger partial charge in [-0.2, -0.15) is 5.10 Å². The molecule has 0 unspecified atom stereocenters. The molecule has 2 heterocycles. The molecule has 2 aromatic heterocycles. The molecule has 1 amide bonds. The number of benzene rings is 1. The van der Waals surface area contributed by atoms with Gasteiger partial charge in [0.25, 0.3) is 0 Å². The van der Waals surface area contributed by atoms with Crippen LogP contribution in [0.5, 0.6) is 0 Å². The fourth-order valence-corrected chi connectivity index (χ4v) is 4.00. The van der Waals surface area contributed by atoms with E-state index in [1.807, 2.05) is 17.5 Å². The Hall–Kier alpha value is -2.13. The summed E-state index contributed by atoms with van der Waals surface area (Å²) in [5.41, 5.74) is 4.21. The van der Waals surface area contributed by atoms with E-state index in [0.29, 0.717) is 31.4 Å². The molecule has 0 saturated carbocycles. The fraction of sp³-hybridized carbons (Fsp3) is 0.0625. The van der Waals surface area contributed by atoms with Gasteiger partial charge in [0.05, 0.1) is 23.2 Å². The molecule has 0 radical (unpaired) electrons. The molecule has 10 heteroatoms. The lowest BCUT2D eigenvalue weighted by Crippen LogP contribution is -2.10. The average Bonchev–Trinajstić information content (AvgIpc) is 3.26. The van der Waals surface area contributed by atoms with Gasteiger partial charge in [-0.3, -0.25) is 10.7 Å². The Morgan fingerprint density at radius 1 is 1.35 bits per heavy atom. The Labute approximate surface area is 167 Å². The second-order valence-electron chi connectivity index (χ2n) is 4.83. The molecule has 1 aromatic carbocycles. The highest BCUT2D eigenvalue weighted by atomic mass is 35.5. The summed E-state index contributed by atoms with van der Waals surface area (Å²) in [6.45, 7) is 0. The lowest BCUT2D eigenvalue weighted by Gasteiger charge is -2.01. The van der Waals surface area contributed by atoms with Gasteiger partial charge in [0.1, 0.15) is 10.7 Å². The number of thiazole rings is 1. The van der Waals surface area contributed by atoms with Gasteiger partial charge in [0.2, 0.25) is 5.13 Å². The molecule has 2 N–H and O–H groups in total. The molecule has 0 spiro atoms. The minimum atomic E-state index is -0.561. The largest absolute Gasteiger partial charge is 0.453 e. The summed E-state index contributed by atoms with van der Waals surface area (Å²) in [6, 6.07) is 8.96. The first-order valence-electron chi connectivity index (χ1n) is 7.20. The van der Waals surface area contributed by atoms with Gasteiger partial charge in [-0.15, -0.1) is 11.3 Å². The molecule has 0 aliphatic carbocycles. The van der Waals surface area contributed by atoms with Crippen molar-refractivity contribution in [1.29, 1.82) is 0 Å². The Bertz CT molecular complexity index is 942. The summed E-state index contributed by atoms with van der Waals surface area (Å²) in [6.07, 6.45) is 1.01. The normalized spacial score (nSPS) is 10.9. The number of carbonyl (C=O) groups excluding carboxylic acids is 1. The summed E-state index contributed by atoms with van der Waals surface area (Å²) < 4.78 is 4.65. The van der Waals surface area contributed by atoms with E-state index >= 15 is 0 Å². The molecule has 0 fully saturated rings. The summed E-state index contributed by atoms with van der Waals surface area (Å²) in [5, 5.41) is 10.9. The number of nitrogens with one attached hydrogen (secondary N) is 2. The zero-order valence-electron chi connectivity index (χ0n) is 13.3. The molecule has 0 saturated heterocycles. The zero-order valence-corrected chi connectivity index (χ0v) is 16.5. The maximum absolute atomic E-state index is 11.5. The summed E-state index contributed by atoms with van der Waals surface area (Å²) in [7, 11) is 1.31. The third kappa shape index (κ3) is 4.53. The number of methoxy groups -OCH3 is 1.